The molecule has 6 aromatic rings. The number of imidazole rings is 2. The Kier molecular flexibility index (Phi) is 5.00. The number of fused-ring (bicyclic) bond motifs is 2. The lowest BCUT2D eigenvalue weighted by Crippen LogP contribution is -2.12. The van der Waals surface area contributed by atoms with Crippen molar-refractivity contribution >= 4 is 16.8 Å². The predicted octanol–water partition coefficient (Wildman–Crippen LogP) is 5.67. The topological polar surface area (TPSA) is 51.7 Å². The van der Waals surface area contributed by atoms with E-state index in [9.17, 15) is 4.79 Å². The van der Waals surface area contributed by atoms with Crippen molar-refractivity contribution in [2.75, 3.05) is 0 Å². The van der Waals surface area contributed by atoms with Gasteiger partial charge in [0.05, 0.1) is 36.1 Å². The Labute approximate surface area is 197 Å². The standard InChI is InChI=1S/C29H22N4O/c34-29(15-25-11-23(21-7-3-1-4-8-21)13-27-17-30-19-32(25)27)16-26-12-24(22-9-5-2-6-10-22)14-28-18-31-20-33(26)28/h1-14,17-20H,15-16H2. The minimum absolute atomic E-state index is 0.139. The molecule has 0 spiro atoms. The second-order valence-electron chi connectivity index (χ2n) is 8.47. The third-order valence-corrected chi connectivity index (χ3v) is 6.17. The molecule has 0 bridgehead atoms. The van der Waals surface area contributed by atoms with Crippen molar-refractivity contribution in [3.8, 4) is 22.3 Å². The van der Waals surface area contributed by atoms with E-state index >= 15 is 0 Å². The second kappa shape index (κ2) is 8.45. The van der Waals surface area contributed by atoms with Crippen molar-refractivity contribution in [2.45, 2.75) is 12.8 Å². The molecule has 0 amide bonds. The average Bonchev–Trinajstić information content (AvgIpc) is 3.55. The van der Waals surface area contributed by atoms with Gasteiger partial charge in [0, 0.05) is 24.2 Å². The second-order valence-corrected chi connectivity index (χ2v) is 8.47. The van der Waals surface area contributed by atoms with E-state index in [1.807, 2.05) is 57.6 Å². The fraction of sp³-hybridized carbons (Fsp3) is 0.0690. The lowest BCUT2D eigenvalue weighted by Gasteiger charge is -2.12. The molecule has 4 aromatic heterocycles. The van der Waals surface area contributed by atoms with E-state index in [-0.39, 0.29) is 5.78 Å². The van der Waals surface area contributed by atoms with Crippen molar-refractivity contribution in [3.63, 3.8) is 0 Å². The summed E-state index contributed by atoms with van der Waals surface area (Å²) in [5.74, 6) is 0.139. The van der Waals surface area contributed by atoms with Crippen LogP contribution in [0.4, 0.5) is 0 Å². The van der Waals surface area contributed by atoms with Gasteiger partial charge >= 0.3 is 0 Å². The maximum Gasteiger partial charge on any atom is 0.144 e. The quantitative estimate of drug-likeness (QED) is 0.334. The molecule has 0 atom stereocenters. The zero-order valence-corrected chi connectivity index (χ0v) is 18.5. The van der Waals surface area contributed by atoms with Gasteiger partial charge in [-0.05, 0) is 46.5 Å². The number of carbonyl (C=O) groups is 1. The first-order valence-electron chi connectivity index (χ1n) is 11.3. The highest BCUT2D eigenvalue weighted by atomic mass is 16.1. The van der Waals surface area contributed by atoms with E-state index in [1.165, 1.54) is 0 Å². The molecule has 0 aliphatic rings. The van der Waals surface area contributed by atoms with Crippen LogP contribution < -0.4 is 0 Å². The monoisotopic (exact) mass is 442 g/mol. The Morgan fingerprint density at radius 3 is 1.47 bits per heavy atom. The number of benzene rings is 2. The lowest BCUT2D eigenvalue weighted by atomic mass is 10.0. The normalized spacial score (nSPS) is 11.3. The van der Waals surface area contributed by atoms with Gasteiger partial charge in [-0.25, -0.2) is 9.97 Å². The average molecular weight is 443 g/mol. The number of Topliss-reactive ketones (excluding diaryl/α,β-unsaturated/α-hetero) is 1. The van der Waals surface area contributed by atoms with Crippen LogP contribution in [0.3, 0.4) is 0 Å². The van der Waals surface area contributed by atoms with E-state index in [2.05, 4.69) is 58.5 Å². The Morgan fingerprint density at radius 1 is 0.588 bits per heavy atom. The molecule has 2 aromatic carbocycles. The third-order valence-electron chi connectivity index (χ3n) is 6.17. The molecule has 0 radical (unpaired) electrons. The summed E-state index contributed by atoms with van der Waals surface area (Å²) in [6.07, 6.45) is 7.85. The zero-order valence-electron chi connectivity index (χ0n) is 18.5. The molecule has 5 nitrogen and oxygen atoms in total. The van der Waals surface area contributed by atoms with Gasteiger partial charge in [0.25, 0.3) is 0 Å². The molecule has 0 aliphatic heterocycles. The van der Waals surface area contributed by atoms with Crippen molar-refractivity contribution in [1.82, 2.24) is 18.8 Å². The van der Waals surface area contributed by atoms with Crippen LogP contribution in [0.25, 0.3) is 33.3 Å². The molecule has 0 saturated carbocycles. The number of rotatable bonds is 6. The number of nitrogens with zero attached hydrogens (tertiary/aromatic N) is 4. The summed E-state index contributed by atoms with van der Waals surface area (Å²) in [6.45, 7) is 0. The van der Waals surface area contributed by atoms with Crippen LogP contribution in [-0.4, -0.2) is 24.6 Å². The summed E-state index contributed by atoms with van der Waals surface area (Å²) in [5, 5.41) is 0. The molecule has 0 N–H and O–H groups in total. The number of hydrogen-bond donors (Lipinski definition) is 0. The minimum atomic E-state index is 0.139. The Morgan fingerprint density at radius 2 is 1.03 bits per heavy atom. The Bertz CT molecular complexity index is 1490. The summed E-state index contributed by atoms with van der Waals surface area (Å²) >= 11 is 0. The van der Waals surface area contributed by atoms with Gasteiger partial charge in [-0.3, -0.25) is 4.79 Å². The fourth-order valence-corrected chi connectivity index (χ4v) is 4.54. The number of carbonyl (C=O) groups excluding carboxylic acids is 1. The highest BCUT2D eigenvalue weighted by Gasteiger charge is 2.14. The van der Waals surface area contributed by atoms with Gasteiger partial charge in [0.15, 0.2) is 0 Å². The predicted molar refractivity (Wildman–Crippen MR) is 134 cm³/mol. The van der Waals surface area contributed by atoms with Crippen LogP contribution in [0.1, 0.15) is 11.4 Å². The Balaban J connectivity index is 1.34. The molecule has 0 unspecified atom stereocenters. The van der Waals surface area contributed by atoms with Crippen molar-refractivity contribution < 1.29 is 4.79 Å². The van der Waals surface area contributed by atoms with Gasteiger partial charge in [-0.1, -0.05) is 60.7 Å². The van der Waals surface area contributed by atoms with Crippen LogP contribution in [0, 0.1) is 0 Å². The van der Waals surface area contributed by atoms with E-state index in [4.69, 9.17) is 0 Å². The molecule has 5 heteroatoms. The summed E-state index contributed by atoms with van der Waals surface area (Å²) in [7, 11) is 0. The van der Waals surface area contributed by atoms with Gasteiger partial charge in [-0.15, -0.1) is 0 Å². The maximum atomic E-state index is 13.3. The summed E-state index contributed by atoms with van der Waals surface area (Å²) in [4.78, 5) is 22.0. The molecular formula is C29H22N4O. The van der Waals surface area contributed by atoms with Crippen LogP contribution in [0.15, 0.2) is 110 Å². The minimum Gasteiger partial charge on any atom is -0.303 e. The van der Waals surface area contributed by atoms with E-state index in [0.717, 1.165) is 44.7 Å². The number of pyridine rings is 2. The Hall–Kier alpha value is -4.51. The van der Waals surface area contributed by atoms with Gasteiger partial charge in [0.2, 0.25) is 0 Å². The molecule has 164 valence electrons. The summed E-state index contributed by atoms with van der Waals surface area (Å²) < 4.78 is 4.00. The van der Waals surface area contributed by atoms with Crippen molar-refractivity contribution in [3.05, 3.63) is 121 Å². The van der Waals surface area contributed by atoms with Gasteiger partial charge in [-0.2, -0.15) is 0 Å². The van der Waals surface area contributed by atoms with E-state index in [0.29, 0.717) is 12.8 Å². The van der Waals surface area contributed by atoms with Crippen LogP contribution in [-0.2, 0) is 17.6 Å². The van der Waals surface area contributed by atoms with Crippen molar-refractivity contribution in [2.24, 2.45) is 0 Å². The summed E-state index contributed by atoms with van der Waals surface area (Å²) in [6, 6.07) is 28.8. The first-order chi connectivity index (χ1) is 16.7. The molecule has 6 rings (SSSR count). The smallest absolute Gasteiger partial charge is 0.144 e. The molecule has 0 saturated heterocycles. The number of ketones is 1. The van der Waals surface area contributed by atoms with Crippen LogP contribution >= 0.6 is 0 Å². The van der Waals surface area contributed by atoms with Crippen molar-refractivity contribution in [1.29, 1.82) is 0 Å². The largest absolute Gasteiger partial charge is 0.303 e. The van der Waals surface area contributed by atoms with E-state index in [1.54, 1.807) is 12.7 Å². The van der Waals surface area contributed by atoms with E-state index < -0.39 is 0 Å². The fourth-order valence-electron chi connectivity index (χ4n) is 4.54. The van der Waals surface area contributed by atoms with Gasteiger partial charge in [0.1, 0.15) is 5.78 Å². The zero-order chi connectivity index (χ0) is 22.9. The summed E-state index contributed by atoms with van der Waals surface area (Å²) in [5.41, 5.74) is 8.23. The third kappa shape index (κ3) is 3.77. The highest BCUT2D eigenvalue weighted by Crippen LogP contribution is 2.25. The molecule has 34 heavy (non-hydrogen) atoms. The first-order valence-corrected chi connectivity index (χ1v) is 11.3. The number of hydrogen-bond acceptors (Lipinski definition) is 3. The first kappa shape index (κ1) is 20.1. The molecule has 4 heterocycles. The maximum absolute atomic E-state index is 13.3. The van der Waals surface area contributed by atoms with Gasteiger partial charge < -0.3 is 8.80 Å². The van der Waals surface area contributed by atoms with Crippen LogP contribution in [0.5, 0.6) is 0 Å². The molecular weight excluding hydrogens is 420 g/mol. The SMILES string of the molecule is O=C(Cc1cc(-c2ccccc2)cc2cncn12)Cc1cc(-c2ccccc2)cc2cncn12. The number of aromatic nitrogens is 4. The molecule has 0 aliphatic carbocycles. The molecule has 0 fully saturated rings. The van der Waals surface area contributed by atoms with Crippen LogP contribution in [0.2, 0.25) is 0 Å². The lowest BCUT2D eigenvalue weighted by molar-refractivity contribution is -0.117. The highest BCUT2D eigenvalue weighted by molar-refractivity contribution is 5.84.